The molecule has 3 aromatic rings. The number of thioether (sulfide) groups is 1. The summed E-state index contributed by atoms with van der Waals surface area (Å²) >= 11 is 1.65. The normalized spacial score (nSPS) is 15.8. The Morgan fingerprint density at radius 1 is 1.21 bits per heavy atom. The molecular weight excluding hydrogens is 438 g/mol. The zero-order chi connectivity index (χ0) is 23.0. The zero-order valence-corrected chi connectivity index (χ0v) is 19.8. The van der Waals surface area contributed by atoms with E-state index in [1.54, 1.807) is 23.9 Å². The molecule has 0 N–H and O–H groups in total. The molecule has 2 aromatic heterocycles. The molecule has 1 fully saturated rings. The molecule has 0 bridgehead atoms. The van der Waals surface area contributed by atoms with Gasteiger partial charge in [0, 0.05) is 25.1 Å². The second-order valence-corrected chi connectivity index (χ2v) is 9.06. The van der Waals surface area contributed by atoms with Crippen molar-refractivity contribution < 1.29 is 14.3 Å². The predicted octanol–water partition coefficient (Wildman–Crippen LogP) is 3.56. The summed E-state index contributed by atoms with van der Waals surface area (Å²) in [5.41, 5.74) is 2.68. The van der Waals surface area contributed by atoms with Crippen LogP contribution < -0.4 is 0 Å². The van der Waals surface area contributed by atoms with Crippen LogP contribution in [0.15, 0.2) is 53.8 Å². The molecule has 0 spiro atoms. The second-order valence-electron chi connectivity index (χ2n) is 8.11. The van der Waals surface area contributed by atoms with Gasteiger partial charge in [-0.15, -0.1) is 10.2 Å². The monoisotopic (exact) mass is 467 g/mol. The van der Waals surface area contributed by atoms with E-state index in [9.17, 15) is 4.79 Å². The highest BCUT2D eigenvalue weighted by Crippen LogP contribution is 2.24. The average Bonchev–Trinajstić information content (AvgIpc) is 3.49. The highest BCUT2D eigenvalue weighted by molar-refractivity contribution is 7.98. The number of nitrogens with zero attached hydrogens (tertiary/aromatic N) is 5. The molecular formula is C24H29N5O3S. The van der Waals surface area contributed by atoms with Gasteiger partial charge in [0.2, 0.25) is 0 Å². The van der Waals surface area contributed by atoms with Crippen molar-refractivity contribution in [2.75, 3.05) is 20.8 Å². The van der Waals surface area contributed by atoms with Gasteiger partial charge in [-0.3, -0.25) is 9.88 Å². The quantitative estimate of drug-likeness (QED) is 0.331. The lowest BCUT2D eigenvalue weighted by atomic mass is 10.1. The zero-order valence-electron chi connectivity index (χ0n) is 19.0. The van der Waals surface area contributed by atoms with Gasteiger partial charge in [-0.2, -0.15) is 0 Å². The summed E-state index contributed by atoms with van der Waals surface area (Å²) in [6, 6.07) is 13.4. The van der Waals surface area contributed by atoms with Crippen molar-refractivity contribution in [3.63, 3.8) is 0 Å². The summed E-state index contributed by atoms with van der Waals surface area (Å²) in [6.07, 6.45) is 4.17. The third kappa shape index (κ3) is 6.40. The number of benzene rings is 1. The smallest absolute Gasteiger partial charge is 0.337 e. The van der Waals surface area contributed by atoms with Crippen LogP contribution in [-0.4, -0.2) is 57.5 Å². The van der Waals surface area contributed by atoms with E-state index in [0.29, 0.717) is 12.1 Å². The van der Waals surface area contributed by atoms with Crippen LogP contribution in [0.1, 0.15) is 40.3 Å². The van der Waals surface area contributed by atoms with Crippen molar-refractivity contribution in [3.8, 4) is 0 Å². The minimum Gasteiger partial charge on any atom is -0.465 e. The molecule has 1 aliphatic heterocycles. The number of rotatable bonds is 10. The fourth-order valence-electron chi connectivity index (χ4n) is 3.81. The minimum atomic E-state index is -0.326. The van der Waals surface area contributed by atoms with Crippen LogP contribution in [0.2, 0.25) is 0 Å². The lowest BCUT2D eigenvalue weighted by Crippen LogP contribution is -2.23. The van der Waals surface area contributed by atoms with Crippen molar-refractivity contribution >= 4 is 17.7 Å². The summed E-state index contributed by atoms with van der Waals surface area (Å²) < 4.78 is 12.9. The Morgan fingerprint density at radius 2 is 2.06 bits per heavy atom. The lowest BCUT2D eigenvalue weighted by molar-refractivity contribution is 0.0600. The Labute approximate surface area is 198 Å². The number of methoxy groups -OCH3 is 1. The second kappa shape index (κ2) is 11.4. The number of ether oxygens (including phenoxy) is 2. The number of carbonyl (C=O) groups is 1. The molecule has 1 aromatic carbocycles. The van der Waals surface area contributed by atoms with Gasteiger partial charge < -0.3 is 14.0 Å². The van der Waals surface area contributed by atoms with Crippen molar-refractivity contribution in [1.29, 1.82) is 0 Å². The topological polar surface area (TPSA) is 82.4 Å². The molecule has 1 atom stereocenters. The fraction of sp³-hybridized carbons (Fsp3) is 0.417. The van der Waals surface area contributed by atoms with E-state index in [1.165, 1.54) is 7.11 Å². The summed E-state index contributed by atoms with van der Waals surface area (Å²) in [5, 5.41) is 9.89. The van der Waals surface area contributed by atoms with E-state index in [2.05, 4.69) is 31.7 Å². The van der Waals surface area contributed by atoms with E-state index in [-0.39, 0.29) is 12.1 Å². The minimum absolute atomic E-state index is 0.199. The molecule has 9 heteroatoms. The third-order valence-corrected chi connectivity index (χ3v) is 6.52. The van der Waals surface area contributed by atoms with Gasteiger partial charge in [-0.1, -0.05) is 30.0 Å². The van der Waals surface area contributed by atoms with E-state index in [4.69, 9.17) is 9.47 Å². The Kier molecular flexibility index (Phi) is 8.09. The number of hydrogen-bond donors (Lipinski definition) is 0. The van der Waals surface area contributed by atoms with E-state index < -0.39 is 0 Å². The van der Waals surface area contributed by atoms with Crippen LogP contribution in [0, 0.1) is 0 Å². The van der Waals surface area contributed by atoms with Gasteiger partial charge in [0.1, 0.15) is 5.82 Å². The molecule has 0 aliphatic carbocycles. The van der Waals surface area contributed by atoms with Gasteiger partial charge in [-0.25, -0.2) is 4.79 Å². The molecule has 0 amide bonds. The first-order valence-electron chi connectivity index (χ1n) is 11.0. The van der Waals surface area contributed by atoms with Crippen molar-refractivity contribution in [3.05, 3.63) is 71.3 Å². The Bertz CT molecular complexity index is 1040. The van der Waals surface area contributed by atoms with Crippen LogP contribution in [0.25, 0.3) is 0 Å². The summed E-state index contributed by atoms with van der Waals surface area (Å²) in [6.45, 7) is 2.96. The molecule has 33 heavy (non-hydrogen) atoms. The number of aromatic nitrogens is 4. The van der Waals surface area contributed by atoms with Crippen LogP contribution >= 0.6 is 11.8 Å². The molecule has 0 saturated carbocycles. The summed E-state index contributed by atoms with van der Waals surface area (Å²) in [7, 11) is 3.44. The third-order valence-electron chi connectivity index (χ3n) is 5.52. The summed E-state index contributed by atoms with van der Waals surface area (Å²) in [5.74, 6) is 1.34. The predicted molar refractivity (Wildman–Crippen MR) is 126 cm³/mol. The van der Waals surface area contributed by atoms with Crippen LogP contribution in [0.5, 0.6) is 0 Å². The van der Waals surface area contributed by atoms with Crippen molar-refractivity contribution in [2.45, 2.75) is 49.5 Å². The van der Waals surface area contributed by atoms with Crippen LogP contribution in [0.4, 0.5) is 0 Å². The van der Waals surface area contributed by atoms with Crippen molar-refractivity contribution in [2.24, 2.45) is 0 Å². The number of esters is 1. The van der Waals surface area contributed by atoms with E-state index in [0.717, 1.165) is 60.5 Å². The first kappa shape index (κ1) is 23.4. The lowest BCUT2D eigenvalue weighted by Gasteiger charge is -2.19. The Balaban J connectivity index is 1.43. The molecule has 3 heterocycles. The molecule has 8 nitrogen and oxygen atoms in total. The largest absolute Gasteiger partial charge is 0.465 e. The highest BCUT2D eigenvalue weighted by Gasteiger charge is 2.22. The summed E-state index contributed by atoms with van der Waals surface area (Å²) in [4.78, 5) is 18.2. The van der Waals surface area contributed by atoms with Gasteiger partial charge in [-0.05, 0) is 49.7 Å². The first-order valence-corrected chi connectivity index (χ1v) is 12.0. The number of hydrogen-bond acceptors (Lipinski definition) is 8. The SMILES string of the molecule is COC(=O)c1ccc(CN(C)Cc2nnc(SCc3ccccn3)n2C[C@H]2CCCO2)cc1. The molecule has 1 aliphatic rings. The Morgan fingerprint density at radius 3 is 2.76 bits per heavy atom. The molecule has 0 unspecified atom stereocenters. The maximum absolute atomic E-state index is 11.6. The number of carbonyl (C=O) groups excluding carboxylic acids is 1. The van der Waals surface area contributed by atoms with Gasteiger partial charge >= 0.3 is 5.97 Å². The molecule has 1 saturated heterocycles. The molecule has 4 rings (SSSR count). The van der Waals surface area contributed by atoms with Crippen LogP contribution in [-0.2, 0) is 34.9 Å². The highest BCUT2D eigenvalue weighted by atomic mass is 32.2. The fourth-order valence-corrected chi connectivity index (χ4v) is 4.70. The average molecular weight is 468 g/mol. The van der Waals surface area contributed by atoms with Gasteiger partial charge in [0.05, 0.1) is 37.6 Å². The standard InChI is InChI=1S/C24H29N5O3S/c1-28(14-18-8-10-19(11-9-18)23(30)31-2)16-22-26-27-24(29(22)15-21-7-5-13-32-21)33-17-20-6-3-4-12-25-20/h3-4,6,8-12,21H,5,7,13-17H2,1-2H3/t21-/m1/s1. The maximum atomic E-state index is 11.6. The Hall–Kier alpha value is -2.75. The first-order chi connectivity index (χ1) is 16.1. The van der Waals surface area contributed by atoms with Crippen LogP contribution in [0.3, 0.4) is 0 Å². The van der Waals surface area contributed by atoms with E-state index in [1.807, 2.05) is 36.5 Å². The maximum Gasteiger partial charge on any atom is 0.337 e. The number of pyridine rings is 1. The van der Waals surface area contributed by atoms with Gasteiger partial charge in [0.15, 0.2) is 5.16 Å². The molecule has 0 radical (unpaired) electrons. The van der Waals surface area contributed by atoms with E-state index >= 15 is 0 Å². The van der Waals surface area contributed by atoms with Gasteiger partial charge in [0.25, 0.3) is 0 Å². The van der Waals surface area contributed by atoms with Crippen molar-refractivity contribution in [1.82, 2.24) is 24.6 Å². The molecule has 174 valence electrons.